The number of amides is 2. The van der Waals surface area contributed by atoms with Gasteiger partial charge in [0.25, 0.3) is 5.91 Å². The van der Waals surface area contributed by atoms with E-state index in [0.29, 0.717) is 30.5 Å². The Morgan fingerprint density at radius 1 is 1.38 bits per heavy atom. The van der Waals surface area contributed by atoms with E-state index in [-0.39, 0.29) is 54.7 Å². The predicted octanol–water partition coefficient (Wildman–Crippen LogP) is 1.07. The number of β-amino-alcohol motifs (C(OH)–C–C–N with tert-alkyl or cyclic N) is 1. The summed E-state index contributed by atoms with van der Waals surface area (Å²) < 4.78 is 5.00. The molecular weight excluding hydrogens is 403 g/mol. The van der Waals surface area contributed by atoms with Crippen molar-refractivity contribution in [3.8, 4) is 0 Å². The molecule has 2 aromatic rings. The molecule has 0 radical (unpaired) electrons. The number of nitrogens with zero attached hydrogens (tertiary/aromatic N) is 1. The molecule has 3 heterocycles. The molecule has 1 aliphatic heterocycles. The maximum atomic E-state index is 11.9. The summed E-state index contributed by atoms with van der Waals surface area (Å²) in [6, 6.07) is 3.19. The topological polar surface area (TPSA) is 116 Å². The molecular formula is C15H20Cl2N4O4S. The highest BCUT2D eigenvalue weighted by molar-refractivity contribution is 7.14. The van der Waals surface area contributed by atoms with Crippen LogP contribution >= 0.6 is 36.2 Å². The van der Waals surface area contributed by atoms with Gasteiger partial charge >= 0.3 is 0 Å². The van der Waals surface area contributed by atoms with Gasteiger partial charge in [0.2, 0.25) is 5.91 Å². The van der Waals surface area contributed by atoms with Crippen molar-refractivity contribution in [1.29, 1.82) is 0 Å². The smallest absolute Gasteiger partial charge is 0.293 e. The fraction of sp³-hybridized carbons (Fsp3) is 0.400. The minimum absolute atomic E-state index is 0. The van der Waals surface area contributed by atoms with Crippen molar-refractivity contribution in [3.63, 3.8) is 0 Å². The summed E-state index contributed by atoms with van der Waals surface area (Å²) in [6.45, 7) is 1.69. The number of thiazole rings is 1. The Morgan fingerprint density at radius 2 is 2.19 bits per heavy atom. The molecule has 2 atom stereocenters. The molecule has 2 amide bonds. The van der Waals surface area contributed by atoms with Crippen molar-refractivity contribution >= 4 is 53.1 Å². The van der Waals surface area contributed by atoms with Crippen LogP contribution in [0.3, 0.4) is 0 Å². The van der Waals surface area contributed by atoms with E-state index in [4.69, 9.17) is 4.42 Å². The predicted molar refractivity (Wildman–Crippen MR) is 102 cm³/mol. The first-order valence-electron chi connectivity index (χ1n) is 7.56. The van der Waals surface area contributed by atoms with E-state index in [9.17, 15) is 14.7 Å². The van der Waals surface area contributed by atoms with Crippen LogP contribution in [0.2, 0.25) is 0 Å². The molecule has 11 heteroatoms. The van der Waals surface area contributed by atoms with Gasteiger partial charge in [-0.2, -0.15) is 0 Å². The van der Waals surface area contributed by atoms with Gasteiger partial charge < -0.3 is 20.2 Å². The normalized spacial score (nSPS) is 18.5. The van der Waals surface area contributed by atoms with Crippen molar-refractivity contribution in [2.24, 2.45) is 5.92 Å². The minimum atomic E-state index is -0.423. The van der Waals surface area contributed by atoms with Crippen molar-refractivity contribution in [2.75, 3.05) is 25.0 Å². The van der Waals surface area contributed by atoms with Gasteiger partial charge in [-0.1, -0.05) is 0 Å². The van der Waals surface area contributed by atoms with Crippen molar-refractivity contribution < 1.29 is 19.1 Å². The first-order chi connectivity index (χ1) is 11.6. The number of halogens is 2. The zero-order valence-corrected chi connectivity index (χ0v) is 16.1. The lowest BCUT2D eigenvalue weighted by Gasteiger charge is -2.13. The van der Waals surface area contributed by atoms with Gasteiger partial charge in [0.05, 0.1) is 24.5 Å². The molecule has 2 unspecified atom stereocenters. The monoisotopic (exact) mass is 422 g/mol. The van der Waals surface area contributed by atoms with Crippen LogP contribution in [-0.4, -0.2) is 47.6 Å². The van der Waals surface area contributed by atoms with Crippen molar-refractivity contribution in [1.82, 2.24) is 15.6 Å². The third-order valence-electron chi connectivity index (χ3n) is 3.72. The maximum absolute atomic E-state index is 11.9. The second-order valence-corrected chi connectivity index (χ2v) is 6.40. The summed E-state index contributed by atoms with van der Waals surface area (Å²) in [5, 5.41) is 20.3. The Kier molecular flexibility index (Phi) is 9.03. The number of rotatable bonds is 6. The number of hydrogen-bond acceptors (Lipinski definition) is 7. The van der Waals surface area contributed by atoms with Crippen LogP contribution in [0.5, 0.6) is 0 Å². The third-order valence-corrected chi connectivity index (χ3v) is 4.53. The van der Waals surface area contributed by atoms with Gasteiger partial charge in [-0.05, 0) is 12.1 Å². The van der Waals surface area contributed by atoms with Gasteiger partial charge in [0.15, 0.2) is 10.9 Å². The number of anilines is 1. The van der Waals surface area contributed by atoms with E-state index < -0.39 is 6.10 Å². The lowest BCUT2D eigenvalue weighted by molar-refractivity contribution is -0.120. The molecule has 0 saturated carbocycles. The number of hydrogen-bond donors (Lipinski definition) is 4. The Balaban J connectivity index is 0.00000169. The summed E-state index contributed by atoms with van der Waals surface area (Å²) in [6.07, 6.45) is 1.13. The fourth-order valence-electron chi connectivity index (χ4n) is 2.41. The molecule has 8 nitrogen and oxygen atoms in total. The molecule has 4 N–H and O–H groups in total. The third kappa shape index (κ3) is 5.96. The Hall–Kier alpha value is -1.65. The Labute approximate surface area is 166 Å². The number of aliphatic hydroxyl groups is 1. The molecule has 1 saturated heterocycles. The number of aliphatic hydroxyl groups excluding tert-OH is 1. The number of nitrogens with one attached hydrogen (secondary N) is 3. The number of carbonyl (C=O) groups excluding carboxylic acids is 2. The summed E-state index contributed by atoms with van der Waals surface area (Å²) >= 11 is 1.25. The van der Waals surface area contributed by atoms with E-state index in [0.717, 1.165) is 0 Å². The summed E-state index contributed by atoms with van der Waals surface area (Å²) in [5.74, 6) is -0.308. The number of furan rings is 1. The highest BCUT2D eigenvalue weighted by Gasteiger charge is 2.25. The van der Waals surface area contributed by atoms with Crippen molar-refractivity contribution in [2.45, 2.75) is 12.5 Å². The molecule has 3 rings (SSSR count). The molecule has 26 heavy (non-hydrogen) atoms. The number of carbonyl (C=O) groups is 2. The Bertz CT molecular complexity index is 710. The fourth-order valence-corrected chi connectivity index (χ4v) is 3.12. The first-order valence-corrected chi connectivity index (χ1v) is 8.44. The molecule has 144 valence electrons. The van der Waals surface area contributed by atoms with Gasteiger partial charge in [-0.25, -0.2) is 4.98 Å². The van der Waals surface area contributed by atoms with E-state index in [1.54, 1.807) is 17.5 Å². The maximum Gasteiger partial charge on any atom is 0.293 e. The van der Waals surface area contributed by atoms with Gasteiger partial charge in [-0.3, -0.25) is 14.9 Å². The second-order valence-electron chi connectivity index (χ2n) is 5.54. The minimum Gasteiger partial charge on any atom is -0.459 e. The molecule has 0 spiro atoms. The quantitative estimate of drug-likeness (QED) is 0.553. The SMILES string of the molecule is Cl.Cl.O=C(Cc1csc(NC(=O)c2ccco2)n1)NCC1CNCC1O. The number of aromatic nitrogens is 1. The van der Waals surface area contributed by atoms with Crippen LogP contribution in [0.1, 0.15) is 16.2 Å². The van der Waals surface area contributed by atoms with Gasteiger partial charge in [0, 0.05) is 30.9 Å². The van der Waals surface area contributed by atoms with Crippen LogP contribution in [0.15, 0.2) is 28.2 Å². The lowest BCUT2D eigenvalue weighted by atomic mass is 10.1. The second kappa shape index (κ2) is 10.5. The zero-order valence-electron chi connectivity index (χ0n) is 13.6. The average molecular weight is 423 g/mol. The zero-order chi connectivity index (χ0) is 16.9. The standard InChI is InChI=1S/C15H18N4O4S.2ClH/c20-11-7-16-5-9(11)6-17-13(21)4-10-8-24-15(18-10)19-14(22)12-2-1-3-23-12;;/h1-3,8-9,11,16,20H,4-7H2,(H,17,21)(H,18,19,22);2*1H. The van der Waals surface area contributed by atoms with Gasteiger partial charge in [-0.15, -0.1) is 36.2 Å². The van der Waals surface area contributed by atoms with E-state index in [1.807, 2.05) is 0 Å². The van der Waals surface area contributed by atoms with Crippen LogP contribution < -0.4 is 16.0 Å². The largest absolute Gasteiger partial charge is 0.459 e. The van der Waals surface area contributed by atoms with E-state index in [2.05, 4.69) is 20.9 Å². The summed E-state index contributed by atoms with van der Waals surface area (Å²) in [4.78, 5) is 28.0. The highest BCUT2D eigenvalue weighted by atomic mass is 35.5. The summed E-state index contributed by atoms with van der Waals surface area (Å²) in [7, 11) is 0. The summed E-state index contributed by atoms with van der Waals surface area (Å²) in [5.41, 5.74) is 0.581. The highest BCUT2D eigenvalue weighted by Crippen LogP contribution is 2.17. The molecule has 1 aliphatic rings. The van der Waals surface area contributed by atoms with Crippen LogP contribution in [0.25, 0.3) is 0 Å². The van der Waals surface area contributed by atoms with Crippen LogP contribution in [0.4, 0.5) is 5.13 Å². The Morgan fingerprint density at radius 3 is 2.85 bits per heavy atom. The van der Waals surface area contributed by atoms with E-state index in [1.165, 1.54) is 17.6 Å². The van der Waals surface area contributed by atoms with Crippen LogP contribution in [0, 0.1) is 5.92 Å². The molecule has 1 fully saturated rings. The molecule has 0 aliphatic carbocycles. The van der Waals surface area contributed by atoms with Crippen molar-refractivity contribution in [3.05, 3.63) is 35.2 Å². The van der Waals surface area contributed by atoms with E-state index >= 15 is 0 Å². The van der Waals surface area contributed by atoms with Crippen LogP contribution in [-0.2, 0) is 11.2 Å². The first kappa shape index (κ1) is 22.4. The molecule has 2 aromatic heterocycles. The van der Waals surface area contributed by atoms with Gasteiger partial charge in [0.1, 0.15) is 0 Å². The average Bonchev–Trinajstić information content (AvgIpc) is 3.28. The lowest BCUT2D eigenvalue weighted by Crippen LogP contribution is -2.35. The molecule has 0 bridgehead atoms. The molecule has 0 aromatic carbocycles.